The number of carbonyl (C=O) groups excluding carboxylic acids is 1. The van der Waals surface area contributed by atoms with Crippen LogP contribution in [0.4, 0.5) is 0 Å². The summed E-state index contributed by atoms with van der Waals surface area (Å²) in [4.78, 5) is 17.9. The summed E-state index contributed by atoms with van der Waals surface area (Å²) in [7, 11) is 1.55. The monoisotopic (exact) mass is 331 g/mol. The molecule has 1 aromatic heterocycles. The summed E-state index contributed by atoms with van der Waals surface area (Å²) in [6.45, 7) is 0.248. The van der Waals surface area contributed by atoms with E-state index in [1.54, 1.807) is 23.0 Å². The number of hydrogen-bond donors (Lipinski definition) is 0. The maximum absolute atomic E-state index is 12.3. The third-order valence-corrected chi connectivity index (χ3v) is 4.76. The zero-order valence-electron chi connectivity index (χ0n) is 12.8. The van der Waals surface area contributed by atoms with Crippen LogP contribution >= 0.6 is 11.3 Å². The predicted octanol–water partition coefficient (Wildman–Crippen LogP) is 1.74. The number of methoxy groups -OCH3 is 1. The molecule has 0 saturated carbocycles. The standard InChI is InChI=1S/C16H17N3O3S/c1-21-9-13-16(20)19(10-22-13)11-5-6-12-14(8-11)23-15(18-12)4-2-3-7-17/h6,8,10,13H,2-5,9H2,1H3. The topological polar surface area (TPSA) is 76.4 Å². The van der Waals surface area contributed by atoms with E-state index in [9.17, 15) is 4.79 Å². The number of aromatic nitrogens is 1. The van der Waals surface area contributed by atoms with Gasteiger partial charge in [0.1, 0.15) is 0 Å². The molecule has 1 amide bonds. The van der Waals surface area contributed by atoms with Gasteiger partial charge in [0, 0.05) is 20.0 Å². The number of unbranched alkanes of at least 4 members (excludes halogenated alkanes) is 1. The van der Waals surface area contributed by atoms with Crippen LogP contribution in [0.15, 0.2) is 5.70 Å². The summed E-state index contributed by atoms with van der Waals surface area (Å²) in [6, 6.07) is 2.15. The molecule has 120 valence electrons. The number of ether oxygens (including phenoxy) is 2. The van der Waals surface area contributed by atoms with E-state index in [0.29, 0.717) is 12.8 Å². The number of hydrogen-bond acceptors (Lipinski definition) is 4. The van der Waals surface area contributed by atoms with Crippen molar-refractivity contribution in [2.45, 2.75) is 31.8 Å². The maximum Gasteiger partial charge on any atom is 0.438 e. The number of nitriles is 1. The Hall–Kier alpha value is -2.17. The van der Waals surface area contributed by atoms with Gasteiger partial charge in [-0.15, -0.1) is 4.58 Å². The van der Waals surface area contributed by atoms with Crippen LogP contribution < -0.4 is 4.98 Å². The molecule has 0 saturated heterocycles. The first kappa shape index (κ1) is 15.7. The van der Waals surface area contributed by atoms with Crippen LogP contribution in [0.1, 0.15) is 34.8 Å². The number of nitrogens with zero attached hydrogens (tertiary/aromatic N) is 3. The van der Waals surface area contributed by atoms with Crippen LogP contribution in [-0.4, -0.2) is 36.7 Å². The van der Waals surface area contributed by atoms with E-state index in [4.69, 9.17) is 14.7 Å². The van der Waals surface area contributed by atoms with E-state index >= 15 is 0 Å². The summed E-state index contributed by atoms with van der Waals surface area (Å²) in [5, 5.41) is 9.63. The second-order valence-corrected chi connectivity index (χ2v) is 6.42. The number of thiazole rings is 1. The Morgan fingerprint density at radius 1 is 1.65 bits per heavy atom. The fourth-order valence-electron chi connectivity index (χ4n) is 2.52. The molecule has 7 heteroatoms. The minimum Gasteiger partial charge on any atom is -0.639 e. The maximum atomic E-state index is 12.3. The normalized spacial score (nSPS) is 19.3. The van der Waals surface area contributed by atoms with Crippen LogP contribution in [0.25, 0.3) is 6.08 Å². The fraction of sp³-hybridized carbons (Fsp3) is 0.438. The average molecular weight is 331 g/mol. The number of aryl methyl sites for hydroxylation is 1. The van der Waals surface area contributed by atoms with E-state index in [1.165, 1.54) is 6.40 Å². The molecule has 0 N–H and O–H groups in total. The molecule has 2 heterocycles. The fourth-order valence-corrected chi connectivity index (χ4v) is 3.59. The van der Waals surface area contributed by atoms with E-state index in [2.05, 4.69) is 11.1 Å². The van der Waals surface area contributed by atoms with Crippen molar-refractivity contribution in [2.75, 3.05) is 13.7 Å². The van der Waals surface area contributed by atoms with Gasteiger partial charge in [0.05, 0.1) is 33.9 Å². The summed E-state index contributed by atoms with van der Waals surface area (Å²) in [6.07, 6.45) is 7.74. The zero-order valence-corrected chi connectivity index (χ0v) is 13.6. The second-order valence-electron chi connectivity index (χ2n) is 5.31. The molecule has 0 fully saturated rings. The highest BCUT2D eigenvalue weighted by atomic mass is 32.1. The second kappa shape index (κ2) is 6.94. The van der Waals surface area contributed by atoms with Crippen LogP contribution in [-0.2, 0) is 20.7 Å². The van der Waals surface area contributed by atoms with Crippen molar-refractivity contribution < 1.29 is 18.8 Å². The van der Waals surface area contributed by atoms with Crippen molar-refractivity contribution in [1.29, 1.82) is 5.26 Å². The van der Waals surface area contributed by atoms with Crippen molar-refractivity contribution in [2.24, 2.45) is 0 Å². The summed E-state index contributed by atoms with van der Waals surface area (Å²) >= 11 is 1.62. The van der Waals surface area contributed by atoms with Gasteiger partial charge >= 0.3 is 12.3 Å². The molecule has 2 aliphatic rings. The lowest BCUT2D eigenvalue weighted by molar-refractivity contribution is -0.392. The van der Waals surface area contributed by atoms with E-state index in [1.807, 2.05) is 12.5 Å². The lowest BCUT2D eigenvalue weighted by Crippen LogP contribution is -2.29. The number of amides is 1. The van der Waals surface area contributed by atoms with Crippen LogP contribution in [0, 0.1) is 17.8 Å². The highest BCUT2D eigenvalue weighted by molar-refractivity contribution is 7.12. The van der Waals surface area contributed by atoms with E-state index < -0.39 is 6.10 Å². The zero-order chi connectivity index (χ0) is 16.2. The summed E-state index contributed by atoms with van der Waals surface area (Å²) in [5.74, 6) is -0.103. The Labute approximate surface area is 138 Å². The molecule has 1 aliphatic heterocycles. The number of fused-ring (bicyclic) bond motifs is 1. The highest BCUT2D eigenvalue weighted by Gasteiger charge is 2.39. The Balaban J connectivity index is 1.73. The van der Waals surface area contributed by atoms with E-state index in [-0.39, 0.29) is 12.5 Å². The Morgan fingerprint density at radius 3 is 3.30 bits per heavy atom. The van der Waals surface area contributed by atoms with Crippen LogP contribution in [0.5, 0.6) is 0 Å². The van der Waals surface area contributed by atoms with Crippen molar-refractivity contribution >= 4 is 29.7 Å². The Kier molecular flexibility index (Phi) is 4.74. The third-order valence-electron chi connectivity index (χ3n) is 3.68. The SMILES string of the molecule is COCC1OC=[N+](C2=Cc3[s+]c(CCCC#N)[n-]c3[CH-]C2)C1=O. The van der Waals surface area contributed by atoms with Crippen molar-refractivity contribution in [3.05, 3.63) is 27.7 Å². The third kappa shape index (κ3) is 3.28. The first-order valence-electron chi connectivity index (χ1n) is 7.44. The first-order chi connectivity index (χ1) is 11.2. The number of allylic oxidation sites excluding steroid dienone is 1. The Morgan fingerprint density at radius 2 is 2.52 bits per heavy atom. The first-order valence-corrected chi connectivity index (χ1v) is 8.26. The van der Waals surface area contributed by atoms with Crippen molar-refractivity contribution in [3.8, 4) is 6.07 Å². The molecule has 6 nitrogen and oxygen atoms in total. The molecule has 0 aromatic carbocycles. The van der Waals surface area contributed by atoms with Gasteiger partial charge in [0.25, 0.3) is 6.10 Å². The lowest BCUT2D eigenvalue weighted by atomic mass is 10.1. The molecule has 1 aliphatic carbocycles. The lowest BCUT2D eigenvalue weighted by Gasteiger charge is -2.18. The van der Waals surface area contributed by atoms with Gasteiger partial charge in [-0.05, 0) is 18.9 Å². The molecule has 0 spiro atoms. The molecular weight excluding hydrogens is 314 g/mol. The Bertz CT molecular complexity index is 715. The average Bonchev–Trinajstić information content (AvgIpc) is 3.11. The highest BCUT2D eigenvalue weighted by Crippen LogP contribution is 2.31. The van der Waals surface area contributed by atoms with Crippen molar-refractivity contribution in [1.82, 2.24) is 4.98 Å². The predicted molar refractivity (Wildman–Crippen MR) is 84.7 cm³/mol. The van der Waals surface area contributed by atoms with Crippen LogP contribution in [0.3, 0.4) is 0 Å². The minimum absolute atomic E-state index is 0.103. The summed E-state index contributed by atoms with van der Waals surface area (Å²) in [5.41, 5.74) is 1.85. The molecule has 0 bridgehead atoms. The van der Waals surface area contributed by atoms with Gasteiger partial charge < -0.3 is 14.5 Å². The van der Waals surface area contributed by atoms with Crippen LogP contribution in [0.2, 0.25) is 0 Å². The van der Waals surface area contributed by atoms with Gasteiger partial charge in [0.2, 0.25) is 0 Å². The largest absolute Gasteiger partial charge is 0.639 e. The van der Waals surface area contributed by atoms with Gasteiger partial charge in [0.15, 0.2) is 5.70 Å². The molecule has 0 radical (unpaired) electrons. The van der Waals surface area contributed by atoms with Gasteiger partial charge in [-0.3, -0.25) is 0 Å². The number of rotatable bonds is 6. The van der Waals surface area contributed by atoms with Gasteiger partial charge in [-0.1, -0.05) is 0 Å². The molecule has 1 unspecified atom stereocenters. The van der Waals surface area contributed by atoms with E-state index in [0.717, 1.165) is 34.1 Å². The molecule has 1 aromatic rings. The van der Waals surface area contributed by atoms with Gasteiger partial charge in [-0.2, -0.15) is 5.26 Å². The van der Waals surface area contributed by atoms with Gasteiger partial charge in [-0.25, -0.2) is 16.9 Å². The molecule has 3 rings (SSSR count). The smallest absolute Gasteiger partial charge is 0.438 e. The number of carbonyl (C=O) groups is 1. The quantitative estimate of drug-likeness (QED) is 0.343. The minimum atomic E-state index is -0.565. The molecule has 1 atom stereocenters. The van der Waals surface area contributed by atoms with Crippen molar-refractivity contribution in [3.63, 3.8) is 0 Å². The molecule has 23 heavy (non-hydrogen) atoms. The molecular formula is C16H17N3O3S. The summed E-state index contributed by atoms with van der Waals surface area (Å²) < 4.78 is 11.9.